The van der Waals surface area contributed by atoms with Gasteiger partial charge in [0.2, 0.25) is 0 Å². The zero-order chi connectivity index (χ0) is 35.4. The molecule has 6 saturated carbocycles. The second-order valence-corrected chi connectivity index (χ2v) is 19.5. The first kappa shape index (κ1) is 48.3. The van der Waals surface area contributed by atoms with E-state index in [1.54, 1.807) is 0 Å². The highest BCUT2D eigenvalue weighted by Gasteiger charge is 2.65. The van der Waals surface area contributed by atoms with Crippen LogP contribution in [0.25, 0.3) is 0 Å². The van der Waals surface area contributed by atoms with Gasteiger partial charge in [0.05, 0.1) is 0 Å². The van der Waals surface area contributed by atoms with E-state index in [1.165, 1.54) is 193 Å². The Bertz CT molecular complexity index is 508. The summed E-state index contributed by atoms with van der Waals surface area (Å²) in [5, 5.41) is 0. The Hall–Kier alpha value is 2.32. The average Bonchev–Trinajstić information content (AvgIpc) is 3.16. The largest absolute Gasteiger partial charge is 0.116 e. The molecule has 0 amide bonds. The van der Waals surface area contributed by atoms with Gasteiger partial charge >= 0.3 is 0 Å². The summed E-state index contributed by atoms with van der Waals surface area (Å²) in [6.07, 6.45) is 47.9. The summed E-state index contributed by atoms with van der Waals surface area (Å²) in [4.78, 5) is -3.45. The lowest BCUT2D eigenvalue weighted by Crippen LogP contribution is -2.59. The Kier molecular flexibility index (Phi) is 31.9. The molecule has 0 bridgehead atoms. The van der Waals surface area contributed by atoms with Gasteiger partial charge < -0.3 is 0 Å². The summed E-state index contributed by atoms with van der Waals surface area (Å²) in [5.41, 5.74) is -1.86. The quantitative estimate of drug-likeness (QED) is 0.248. The molecule has 6 rings (SSSR count). The second kappa shape index (κ2) is 31.6. The minimum atomic E-state index is -0.931. The monoisotopic (exact) mass is 832 g/mol. The Morgan fingerprint density at radius 3 is 0.375 bits per heavy atom. The van der Waals surface area contributed by atoms with E-state index in [0.29, 0.717) is 12.8 Å². The standard InChI is InChI=1S/C10H12Cl8.5C6H12/c11-5(12)9(6(13)14)3-1-2-4-10(9,7(15)16)8(17)18;5*1-2-4-6-5-3-1/h5-8H,1-4H2;5*1-6H2. The van der Waals surface area contributed by atoms with Gasteiger partial charge in [0.15, 0.2) is 0 Å². The van der Waals surface area contributed by atoms with Crippen LogP contribution in [0.15, 0.2) is 0 Å². The van der Waals surface area contributed by atoms with Crippen LogP contribution in [0.5, 0.6) is 0 Å². The molecule has 0 unspecified atom stereocenters. The molecule has 0 N–H and O–H groups in total. The fraction of sp³-hybridized carbons (Fsp3) is 1.00. The number of halogens is 8. The highest BCUT2D eigenvalue weighted by molar-refractivity contribution is 6.52. The molecule has 0 nitrogen and oxygen atoms in total. The fourth-order valence-electron chi connectivity index (χ4n) is 8.04. The van der Waals surface area contributed by atoms with Crippen molar-refractivity contribution in [2.45, 2.75) is 238 Å². The summed E-state index contributed by atoms with van der Waals surface area (Å²) < 4.78 is 0. The zero-order valence-electron chi connectivity index (χ0n) is 30.4. The predicted molar refractivity (Wildman–Crippen MR) is 224 cm³/mol. The van der Waals surface area contributed by atoms with Crippen LogP contribution in [0.3, 0.4) is 0 Å². The van der Waals surface area contributed by atoms with Crippen LogP contribution in [-0.4, -0.2) is 19.3 Å². The van der Waals surface area contributed by atoms with Gasteiger partial charge in [-0.15, -0.1) is 92.8 Å². The SMILES string of the molecule is C1CCCCC1.C1CCCCC1.C1CCCCC1.C1CCCCC1.C1CCCCC1.ClC(Cl)C1(C(Cl)Cl)CCCCC1(C(Cl)Cl)C(Cl)Cl. The lowest BCUT2D eigenvalue weighted by Gasteiger charge is -2.56. The highest BCUT2D eigenvalue weighted by atomic mass is 35.5. The van der Waals surface area contributed by atoms with E-state index in [2.05, 4.69) is 0 Å². The van der Waals surface area contributed by atoms with Gasteiger partial charge in [-0.25, -0.2) is 0 Å². The van der Waals surface area contributed by atoms with Crippen molar-refractivity contribution in [3.63, 3.8) is 0 Å². The van der Waals surface area contributed by atoms with Crippen LogP contribution in [0, 0.1) is 10.8 Å². The lowest BCUT2D eigenvalue weighted by molar-refractivity contribution is 0.0300. The van der Waals surface area contributed by atoms with E-state index in [-0.39, 0.29) is 0 Å². The van der Waals surface area contributed by atoms with Crippen molar-refractivity contribution in [3.8, 4) is 0 Å². The zero-order valence-corrected chi connectivity index (χ0v) is 36.4. The van der Waals surface area contributed by atoms with Gasteiger partial charge in [0.25, 0.3) is 0 Å². The summed E-state index contributed by atoms with van der Waals surface area (Å²) in [6.45, 7) is 0. The van der Waals surface area contributed by atoms with Crippen LogP contribution in [0.4, 0.5) is 0 Å². The predicted octanol–water partition coefficient (Wildman–Crippen LogP) is 18.5. The Labute approximate surface area is 338 Å². The molecular weight excluding hydrogens is 764 g/mol. The molecule has 0 heterocycles. The first-order valence-corrected chi connectivity index (χ1v) is 23.8. The Balaban J connectivity index is 0.000000315. The van der Waals surface area contributed by atoms with Crippen molar-refractivity contribution >= 4 is 92.8 Å². The van der Waals surface area contributed by atoms with Crippen molar-refractivity contribution in [2.75, 3.05) is 0 Å². The average molecular weight is 837 g/mol. The molecule has 0 spiro atoms. The maximum absolute atomic E-state index is 6.14. The second-order valence-electron chi connectivity index (χ2n) is 15.1. The number of hydrogen-bond donors (Lipinski definition) is 0. The van der Waals surface area contributed by atoms with E-state index in [1.807, 2.05) is 0 Å². The van der Waals surface area contributed by atoms with Crippen molar-refractivity contribution < 1.29 is 0 Å². The smallest absolute Gasteiger partial charge is 0.105 e. The van der Waals surface area contributed by atoms with Crippen molar-refractivity contribution in [3.05, 3.63) is 0 Å². The van der Waals surface area contributed by atoms with E-state index in [9.17, 15) is 0 Å². The molecule has 0 aromatic rings. The molecule has 0 aromatic heterocycles. The number of alkyl halides is 8. The Morgan fingerprint density at radius 2 is 0.292 bits per heavy atom. The maximum atomic E-state index is 6.14. The third kappa shape index (κ3) is 19.6. The molecule has 48 heavy (non-hydrogen) atoms. The van der Waals surface area contributed by atoms with Crippen LogP contribution in [0.2, 0.25) is 0 Å². The molecule has 8 heteroatoms. The van der Waals surface area contributed by atoms with Crippen LogP contribution < -0.4 is 0 Å². The first-order valence-electron chi connectivity index (χ1n) is 20.4. The van der Waals surface area contributed by atoms with Crippen molar-refractivity contribution in [2.24, 2.45) is 10.8 Å². The topological polar surface area (TPSA) is 0 Å². The van der Waals surface area contributed by atoms with Gasteiger partial charge in [-0.05, 0) is 12.8 Å². The van der Waals surface area contributed by atoms with Crippen LogP contribution in [-0.2, 0) is 0 Å². The molecule has 288 valence electrons. The summed E-state index contributed by atoms with van der Waals surface area (Å²) in [5.74, 6) is 0. The van der Waals surface area contributed by atoms with Crippen molar-refractivity contribution in [1.29, 1.82) is 0 Å². The van der Waals surface area contributed by atoms with Gasteiger partial charge in [-0.1, -0.05) is 205 Å². The van der Waals surface area contributed by atoms with E-state index in [4.69, 9.17) is 92.8 Å². The fourth-order valence-corrected chi connectivity index (χ4v) is 12.1. The summed E-state index contributed by atoms with van der Waals surface area (Å²) in [7, 11) is 0. The Morgan fingerprint density at radius 1 is 0.188 bits per heavy atom. The van der Waals surface area contributed by atoms with Crippen LogP contribution >= 0.6 is 92.8 Å². The molecule has 0 radical (unpaired) electrons. The van der Waals surface area contributed by atoms with Gasteiger partial charge in [-0.3, -0.25) is 0 Å². The molecular formula is C40H72Cl8. The van der Waals surface area contributed by atoms with E-state index < -0.39 is 30.2 Å². The van der Waals surface area contributed by atoms with E-state index >= 15 is 0 Å². The van der Waals surface area contributed by atoms with Gasteiger partial charge in [-0.2, -0.15) is 0 Å². The third-order valence-corrected chi connectivity index (χ3v) is 14.5. The highest BCUT2D eigenvalue weighted by Crippen LogP contribution is 2.65. The molecule has 6 aliphatic rings. The maximum Gasteiger partial charge on any atom is 0.116 e. The van der Waals surface area contributed by atoms with Gasteiger partial charge in [0.1, 0.15) is 19.3 Å². The number of rotatable bonds is 4. The summed E-state index contributed by atoms with van der Waals surface area (Å²) in [6, 6.07) is 0. The first-order chi connectivity index (χ1) is 23.2. The third-order valence-electron chi connectivity index (χ3n) is 11.4. The molecule has 6 fully saturated rings. The minimum absolute atomic E-state index is 0.578. The summed E-state index contributed by atoms with van der Waals surface area (Å²) >= 11 is 49.1. The minimum Gasteiger partial charge on any atom is -0.105 e. The molecule has 0 aliphatic heterocycles. The van der Waals surface area contributed by atoms with Gasteiger partial charge in [0, 0.05) is 10.8 Å². The molecule has 0 atom stereocenters. The normalized spacial score (nSPS) is 23.8. The lowest BCUT2D eigenvalue weighted by atomic mass is 9.58. The van der Waals surface area contributed by atoms with Crippen LogP contribution in [0.1, 0.15) is 218 Å². The van der Waals surface area contributed by atoms with E-state index in [0.717, 1.165) is 12.8 Å². The number of hydrogen-bond acceptors (Lipinski definition) is 0. The molecule has 6 aliphatic carbocycles. The molecule has 0 aromatic carbocycles. The molecule has 0 saturated heterocycles. The van der Waals surface area contributed by atoms with Crippen molar-refractivity contribution in [1.82, 2.24) is 0 Å².